The molecular weight excluding hydrogens is 332 g/mol. The third-order valence-corrected chi connectivity index (χ3v) is 3.21. The van der Waals surface area contributed by atoms with Gasteiger partial charge in [0.05, 0.1) is 5.02 Å². The number of carbonyl (C=O) groups is 2. The van der Waals surface area contributed by atoms with Crippen LogP contribution in [0.1, 0.15) is 5.56 Å². The van der Waals surface area contributed by atoms with E-state index in [1.807, 2.05) is 25.1 Å². The number of hydrogen-bond donors (Lipinski definition) is 2. The first-order valence-electron chi connectivity index (χ1n) is 7.19. The molecule has 2 aromatic rings. The van der Waals surface area contributed by atoms with E-state index in [2.05, 4.69) is 10.9 Å². The summed E-state index contributed by atoms with van der Waals surface area (Å²) in [6, 6.07) is 14.1. The molecular formula is C17H17ClN2O4. The lowest BCUT2D eigenvalue weighted by atomic mass is 10.2. The molecule has 0 heterocycles. The third-order valence-electron chi connectivity index (χ3n) is 2.90. The summed E-state index contributed by atoms with van der Waals surface area (Å²) in [7, 11) is 0. The van der Waals surface area contributed by atoms with Crippen molar-refractivity contribution >= 4 is 23.4 Å². The summed E-state index contributed by atoms with van der Waals surface area (Å²) in [5, 5.41) is 0.404. The largest absolute Gasteiger partial charge is 0.484 e. The predicted molar refractivity (Wildman–Crippen MR) is 89.9 cm³/mol. The number of ether oxygens (including phenoxy) is 2. The van der Waals surface area contributed by atoms with Crippen molar-refractivity contribution in [1.82, 2.24) is 10.9 Å². The molecule has 0 aliphatic heterocycles. The molecule has 0 aromatic heterocycles. The smallest absolute Gasteiger partial charge is 0.276 e. The van der Waals surface area contributed by atoms with Gasteiger partial charge in [-0.3, -0.25) is 20.4 Å². The molecule has 0 spiro atoms. The van der Waals surface area contributed by atoms with Crippen LogP contribution >= 0.6 is 11.6 Å². The number of aryl methyl sites for hydroxylation is 1. The van der Waals surface area contributed by atoms with Crippen LogP contribution in [0.2, 0.25) is 5.02 Å². The van der Waals surface area contributed by atoms with Gasteiger partial charge in [0, 0.05) is 0 Å². The Morgan fingerprint density at radius 3 is 2.29 bits per heavy atom. The lowest BCUT2D eigenvalue weighted by molar-refractivity contribution is -0.131. The molecule has 0 aliphatic carbocycles. The maximum atomic E-state index is 11.6. The van der Waals surface area contributed by atoms with Crippen molar-refractivity contribution in [2.24, 2.45) is 0 Å². The molecule has 6 nitrogen and oxygen atoms in total. The van der Waals surface area contributed by atoms with Gasteiger partial charge in [0.1, 0.15) is 11.5 Å². The van der Waals surface area contributed by atoms with E-state index < -0.39 is 11.8 Å². The van der Waals surface area contributed by atoms with Gasteiger partial charge in [0.2, 0.25) is 0 Å². The van der Waals surface area contributed by atoms with Crippen molar-refractivity contribution in [3.05, 3.63) is 59.1 Å². The molecule has 0 unspecified atom stereocenters. The number of benzene rings is 2. The van der Waals surface area contributed by atoms with Crippen LogP contribution < -0.4 is 20.3 Å². The number of para-hydroxylation sites is 1. The first-order valence-corrected chi connectivity index (χ1v) is 7.57. The zero-order valence-corrected chi connectivity index (χ0v) is 13.8. The molecule has 7 heteroatoms. The number of rotatable bonds is 6. The van der Waals surface area contributed by atoms with Crippen molar-refractivity contribution in [3.63, 3.8) is 0 Å². The molecule has 0 saturated heterocycles. The highest BCUT2D eigenvalue weighted by Gasteiger charge is 2.08. The zero-order valence-electron chi connectivity index (χ0n) is 13.0. The highest BCUT2D eigenvalue weighted by atomic mass is 35.5. The van der Waals surface area contributed by atoms with Crippen LogP contribution in [0.4, 0.5) is 0 Å². The maximum Gasteiger partial charge on any atom is 0.276 e. The van der Waals surface area contributed by atoms with Crippen molar-refractivity contribution in [2.45, 2.75) is 6.92 Å². The number of hydrogen-bond acceptors (Lipinski definition) is 4. The second kappa shape index (κ2) is 8.79. The Hall–Kier alpha value is -2.73. The normalized spacial score (nSPS) is 9.92. The third kappa shape index (κ3) is 5.81. The number of amides is 2. The SMILES string of the molecule is Cc1cccc(OCC(=O)NNC(=O)COc2ccccc2Cl)c1. The van der Waals surface area contributed by atoms with Gasteiger partial charge in [-0.15, -0.1) is 0 Å². The number of nitrogens with one attached hydrogen (secondary N) is 2. The summed E-state index contributed by atoms with van der Waals surface area (Å²) >= 11 is 5.90. The van der Waals surface area contributed by atoms with Gasteiger partial charge in [-0.25, -0.2) is 0 Å². The van der Waals surface area contributed by atoms with E-state index in [9.17, 15) is 9.59 Å². The number of hydrazine groups is 1. The molecule has 24 heavy (non-hydrogen) atoms. The Balaban J connectivity index is 1.68. The average molecular weight is 349 g/mol. The second-order valence-electron chi connectivity index (χ2n) is 4.92. The summed E-state index contributed by atoms with van der Waals surface area (Å²) in [5.74, 6) is -0.0246. The number of halogens is 1. The monoisotopic (exact) mass is 348 g/mol. The minimum Gasteiger partial charge on any atom is -0.484 e. The molecule has 2 amide bonds. The van der Waals surface area contributed by atoms with Gasteiger partial charge in [0.25, 0.3) is 11.8 Å². The summed E-state index contributed by atoms with van der Waals surface area (Å²) in [6.45, 7) is 1.43. The Kier molecular flexibility index (Phi) is 6.45. The first-order chi connectivity index (χ1) is 11.5. The highest BCUT2D eigenvalue weighted by Crippen LogP contribution is 2.22. The summed E-state index contributed by atoms with van der Waals surface area (Å²) in [6.07, 6.45) is 0. The molecule has 2 rings (SSSR count). The van der Waals surface area contributed by atoms with E-state index in [0.29, 0.717) is 16.5 Å². The fourth-order valence-corrected chi connectivity index (χ4v) is 1.96. The highest BCUT2D eigenvalue weighted by molar-refractivity contribution is 6.32. The van der Waals surface area contributed by atoms with Crippen molar-refractivity contribution < 1.29 is 19.1 Å². The van der Waals surface area contributed by atoms with E-state index in [4.69, 9.17) is 21.1 Å². The van der Waals surface area contributed by atoms with Crippen LogP contribution in [-0.4, -0.2) is 25.0 Å². The van der Waals surface area contributed by atoms with Crippen LogP contribution in [-0.2, 0) is 9.59 Å². The van der Waals surface area contributed by atoms with E-state index in [-0.39, 0.29) is 13.2 Å². The van der Waals surface area contributed by atoms with Crippen LogP contribution in [0.3, 0.4) is 0 Å². The molecule has 2 N–H and O–H groups in total. The van der Waals surface area contributed by atoms with Gasteiger partial charge >= 0.3 is 0 Å². The van der Waals surface area contributed by atoms with Gasteiger partial charge in [-0.2, -0.15) is 0 Å². The Morgan fingerprint density at radius 2 is 1.62 bits per heavy atom. The minimum absolute atomic E-state index is 0.213. The van der Waals surface area contributed by atoms with Gasteiger partial charge in [0.15, 0.2) is 13.2 Å². The van der Waals surface area contributed by atoms with Crippen LogP contribution in [0.25, 0.3) is 0 Å². The molecule has 126 valence electrons. The molecule has 0 fully saturated rings. The van der Waals surface area contributed by atoms with E-state index in [0.717, 1.165) is 5.56 Å². The Labute approximate surface area is 144 Å². The lowest BCUT2D eigenvalue weighted by Gasteiger charge is -2.10. The fraction of sp³-hybridized carbons (Fsp3) is 0.176. The van der Waals surface area contributed by atoms with Gasteiger partial charge in [-0.1, -0.05) is 35.9 Å². The minimum atomic E-state index is -0.515. The zero-order chi connectivity index (χ0) is 17.4. The fourth-order valence-electron chi connectivity index (χ4n) is 1.77. The predicted octanol–water partition coefficient (Wildman–Crippen LogP) is 2.25. The Bertz CT molecular complexity index is 721. The average Bonchev–Trinajstić information content (AvgIpc) is 2.57. The van der Waals surface area contributed by atoms with E-state index >= 15 is 0 Å². The maximum absolute atomic E-state index is 11.6. The molecule has 0 saturated carbocycles. The first kappa shape index (κ1) is 17.6. The van der Waals surface area contributed by atoms with E-state index in [1.54, 1.807) is 30.3 Å². The topological polar surface area (TPSA) is 76.7 Å². The Morgan fingerprint density at radius 1 is 0.958 bits per heavy atom. The molecule has 0 radical (unpaired) electrons. The second-order valence-corrected chi connectivity index (χ2v) is 5.33. The summed E-state index contributed by atoms with van der Waals surface area (Å²) in [5.41, 5.74) is 5.50. The van der Waals surface area contributed by atoms with Crippen LogP contribution in [0.5, 0.6) is 11.5 Å². The van der Waals surface area contributed by atoms with Crippen LogP contribution in [0.15, 0.2) is 48.5 Å². The quantitative estimate of drug-likeness (QED) is 0.785. The molecule has 2 aromatic carbocycles. The van der Waals surface area contributed by atoms with Gasteiger partial charge < -0.3 is 9.47 Å². The van der Waals surface area contributed by atoms with Crippen LogP contribution in [0, 0.1) is 6.92 Å². The van der Waals surface area contributed by atoms with Gasteiger partial charge in [-0.05, 0) is 36.8 Å². The van der Waals surface area contributed by atoms with Crippen molar-refractivity contribution in [3.8, 4) is 11.5 Å². The lowest BCUT2D eigenvalue weighted by Crippen LogP contribution is -2.45. The molecule has 0 aliphatic rings. The summed E-state index contributed by atoms with van der Waals surface area (Å²) in [4.78, 5) is 23.2. The summed E-state index contributed by atoms with van der Waals surface area (Å²) < 4.78 is 10.6. The van der Waals surface area contributed by atoms with Crippen molar-refractivity contribution in [1.29, 1.82) is 0 Å². The molecule has 0 atom stereocenters. The number of carbonyl (C=O) groups excluding carboxylic acids is 2. The van der Waals surface area contributed by atoms with Crippen molar-refractivity contribution in [2.75, 3.05) is 13.2 Å². The van der Waals surface area contributed by atoms with E-state index in [1.165, 1.54) is 0 Å². The standard InChI is InChI=1S/C17H17ClN2O4/c1-12-5-4-6-13(9-12)23-10-16(21)19-20-17(22)11-24-15-8-3-2-7-14(15)18/h2-9H,10-11H2,1H3,(H,19,21)(H,20,22). The molecule has 0 bridgehead atoms.